The zero-order valence-corrected chi connectivity index (χ0v) is 11.4. The third-order valence-corrected chi connectivity index (χ3v) is 4.90. The van der Waals surface area contributed by atoms with Crippen LogP contribution in [-0.4, -0.2) is 12.7 Å². The first-order valence-corrected chi connectivity index (χ1v) is 7.52. The van der Waals surface area contributed by atoms with Crippen LogP contribution in [0.2, 0.25) is 0 Å². The van der Waals surface area contributed by atoms with E-state index in [0.717, 1.165) is 24.4 Å². The fourth-order valence-electron chi connectivity index (χ4n) is 3.69. The van der Waals surface area contributed by atoms with Gasteiger partial charge in [0.15, 0.2) is 0 Å². The van der Waals surface area contributed by atoms with Gasteiger partial charge in [0.1, 0.15) is 0 Å². The molecule has 0 amide bonds. The first-order valence-electron chi connectivity index (χ1n) is 7.52. The lowest BCUT2D eigenvalue weighted by molar-refractivity contribution is 0.0216. The Morgan fingerprint density at radius 3 is 2.00 bits per heavy atom. The van der Waals surface area contributed by atoms with Crippen molar-refractivity contribution in [3.63, 3.8) is 0 Å². The third-order valence-electron chi connectivity index (χ3n) is 4.90. The lowest BCUT2D eigenvalue weighted by atomic mass is 9.71. The van der Waals surface area contributed by atoms with Gasteiger partial charge in [0.05, 0.1) is 12.7 Å². The van der Waals surface area contributed by atoms with Crippen LogP contribution in [0.5, 0.6) is 0 Å². The van der Waals surface area contributed by atoms with Gasteiger partial charge in [-0.25, -0.2) is 0 Å². The van der Waals surface area contributed by atoms with Gasteiger partial charge in [-0.3, -0.25) is 0 Å². The second kappa shape index (κ2) is 6.58. The van der Waals surface area contributed by atoms with Gasteiger partial charge < -0.3 is 4.74 Å². The number of rotatable bonds is 4. The second-order valence-electron chi connectivity index (χ2n) is 6.18. The predicted octanol–water partition coefficient (Wildman–Crippen LogP) is 4.57. The van der Waals surface area contributed by atoms with E-state index in [1.807, 2.05) is 6.08 Å². The molecule has 0 heterocycles. The summed E-state index contributed by atoms with van der Waals surface area (Å²) in [6.45, 7) is 6.86. The van der Waals surface area contributed by atoms with E-state index in [1.54, 1.807) is 0 Å². The Bertz CT molecular complexity index is 220. The predicted molar refractivity (Wildman–Crippen MR) is 73.0 cm³/mol. The highest BCUT2D eigenvalue weighted by Crippen LogP contribution is 2.40. The summed E-state index contributed by atoms with van der Waals surface area (Å²) in [6.07, 6.45) is 13.7. The molecule has 2 aliphatic rings. The average molecular weight is 236 g/mol. The molecule has 0 aromatic rings. The Hall–Kier alpha value is -0.300. The van der Waals surface area contributed by atoms with Gasteiger partial charge in [0, 0.05) is 0 Å². The maximum absolute atomic E-state index is 5.77. The summed E-state index contributed by atoms with van der Waals surface area (Å²) in [7, 11) is 0. The first-order chi connectivity index (χ1) is 8.29. The minimum atomic E-state index is 0.520. The van der Waals surface area contributed by atoms with Crippen molar-refractivity contribution in [3.05, 3.63) is 12.7 Å². The smallest absolute Gasteiger partial charge is 0.0648 e. The molecule has 0 spiro atoms. The van der Waals surface area contributed by atoms with Crippen LogP contribution in [0.3, 0.4) is 0 Å². The van der Waals surface area contributed by atoms with Crippen LogP contribution in [0, 0.1) is 17.8 Å². The fraction of sp³-hybridized carbons (Fsp3) is 0.875. The summed E-state index contributed by atoms with van der Waals surface area (Å²) in [5.74, 6) is 3.02. The molecule has 2 fully saturated rings. The molecule has 0 aromatic heterocycles. The molecule has 0 bridgehead atoms. The first kappa shape index (κ1) is 13.1. The maximum Gasteiger partial charge on any atom is 0.0648 e. The van der Waals surface area contributed by atoms with Crippen molar-refractivity contribution < 1.29 is 4.74 Å². The molecule has 98 valence electrons. The minimum Gasteiger partial charge on any atom is -0.374 e. The number of hydrogen-bond donors (Lipinski definition) is 0. The molecule has 1 heteroatoms. The normalized spacial score (nSPS) is 38.9. The fourth-order valence-corrected chi connectivity index (χ4v) is 3.69. The van der Waals surface area contributed by atoms with E-state index in [4.69, 9.17) is 4.74 Å². The third kappa shape index (κ3) is 3.84. The van der Waals surface area contributed by atoms with Gasteiger partial charge in [-0.05, 0) is 56.3 Å². The van der Waals surface area contributed by atoms with Crippen LogP contribution in [0.1, 0.15) is 58.3 Å². The molecule has 0 radical (unpaired) electrons. The van der Waals surface area contributed by atoms with Gasteiger partial charge in [-0.15, -0.1) is 6.58 Å². The molecule has 0 saturated heterocycles. The maximum atomic E-state index is 5.77. The zero-order chi connectivity index (χ0) is 12.1. The topological polar surface area (TPSA) is 9.23 Å². The summed E-state index contributed by atoms with van der Waals surface area (Å²) in [5, 5.41) is 0. The van der Waals surface area contributed by atoms with E-state index in [-0.39, 0.29) is 0 Å². The molecule has 1 nitrogen and oxygen atoms in total. The quantitative estimate of drug-likeness (QED) is 0.649. The van der Waals surface area contributed by atoms with Crippen LogP contribution in [-0.2, 0) is 4.74 Å². The van der Waals surface area contributed by atoms with Crippen LogP contribution in [0.15, 0.2) is 12.7 Å². The van der Waals surface area contributed by atoms with E-state index < -0.39 is 0 Å². The van der Waals surface area contributed by atoms with Crippen molar-refractivity contribution in [2.24, 2.45) is 17.8 Å². The van der Waals surface area contributed by atoms with Crippen LogP contribution in [0.4, 0.5) is 0 Å². The van der Waals surface area contributed by atoms with Crippen molar-refractivity contribution in [2.45, 2.75) is 64.4 Å². The highest BCUT2D eigenvalue weighted by Gasteiger charge is 2.29. The highest BCUT2D eigenvalue weighted by molar-refractivity contribution is 4.82. The molecule has 0 unspecified atom stereocenters. The summed E-state index contributed by atoms with van der Waals surface area (Å²) >= 11 is 0. The minimum absolute atomic E-state index is 0.520. The Balaban J connectivity index is 1.69. The van der Waals surface area contributed by atoms with Crippen LogP contribution >= 0.6 is 0 Å². The monoisotopic (exact) mass is 236 g/mol. The lowest BCUT2D eigenvalue weighted by Crippen LogP contribution is -2.28. The zero-order valence-electron chi connectivity index (χ0n) is 11.4. The van der Waals surface area contributed by atoms with Crippen molar-refractivity contribution in [3.8, 4) is 0 Å². The second-order valence-corrected chi connectivity index (χ2v) is 6.18. The Kier molecular flexibility index (Phi) is 5.09. The summed E-state index contributed by atoms with van der Waals surface area (Å²) in [5.41, 5.74) is 0. The van der Waals surface area contributed by atoms with Gasteiger partial charge in [0.25, 0.3) is 0 Å². The molecule has 2 rings (SSSR count). The SMILES string of the molecule is C=CCOC1CCC([C@H]2CC[C@H](C)CC2)CC1. The largest absolute Gasteiger partial charge is 0.374 e. The van der Waals surface area contributed by atoms with E-state index in [9.17, 15) is 0 Å². The Labute approximate surface area is 107 Å². The van der Waals surface area contributed by atoms with Gasteiger partial charge in [-0.2, -0.15) is 0 Å². The average Bonchev–Trinajstić information content (AvgIpc) is 2.38. The molecular formula is C16H28O. The van der Waals surface area contributed by atoms with Crippen LogP contribution < -0.4 is 0 Å². The Morgan fingerprint density at radius 2 is 1.47 bits per heavy atom. The molecule has 0 aromatic carbocycles. The van der Waals surface area contributed by atoms with Crippen LogP contribution in [0.25, 0.3) is 0 Å². The number of hydrogen-bond acceptors (Lipinski definition) is 1. The summed E-state index contributed by atoms with van der Waals surface area (Å²) in [4.78, 5) is 0. The molecule has 2 saturated carbocycles. The number of ether oxygens (including phenoxy) is 1. The van der Waals surface area contributed by atoms with Gasteiger partial charge >= 0.3 is 0 Å². The Morgan fingerprint density at radius 1 is 0.941 bits per heavy atom. The van der Waals surface area contributed by atoms with Crippen molar-refractivity contribution in [2.75, 3.05) is 6.61 Å². The van der Waals surface area contributed by atoms with Gasteiger partial charge in [0.2, 0.25) is 0 Å². The molecule has 17 heavy (non-hydrogen) atoms. The highest BCUT2D eigenvalue weighted by atomic mass is 16.5. The molecule has 0 N–H and O–H groups in total. The lowest BCUT2D eigenvalue weighted by Gasteiger charge is -2.37. The molecular weight excluding hydrogens is 208 g/mol. The molecule has 0 atom stereocenters. The van der Waals surface area contributed by atoms with E-state index >= 15 is 0 Å². The molecule has 2 aliphatic carbocycles. The van der Waals surface area contributed by atoms with Crippen molar-refractivity contribution in [1.82, 2.24) is 0 Å². The van der Waals surface area contributed by atoms with E-state index in [1.165, 1.54) is 51.4 Å². The van der Waals surface area contributed by atoms with Crippen molar-refractivity contribution >= 4 is 0 Å². The van der Waals surface area contributed by atoms with E-state index in [0.29, 0.717) is 6.10 Å². The molecule has 0 aliphatic heterocycles. The summed E-state index contributed by atoms with van der Waals surface area (Å²) < 4.78 is 5.77. The van der Waals surface area contributed by atoms with Gasteiger partial charge in [-0.1, -0.05) is 25.8 Å². The standard InChI is InChI=1S/C16H28O/c1-3-12-17-16-10-8-15(9-11-16)14-6-4-13(2)5-7-14/h3,13-16H,1,4-12H2,2H3/t13-,14-,15?,16?. The van der Waals surface area contributed by atoms with Crippen molar-refractivity contribution in [1.29, 1.82) is 0 Å². The summed E-state index contributed by atoms with van der Waals surface area (Å²) in [6, 6.07) is 0. The van der Waals surface area contributed by atoms with E-state index in [2.05, 4.69) is 13.5 Å².